The molecule has 1 fully saturated rings. The molecule has 0 saturated carbocycles. The third kappa shape index (κ3) is 5.86. The van der Waals surface area contributed by atoms with Crippen molar-refractivity contribution in [1.82, 2.24) is 4.90 Å². The number of esters is 1. The molecule has 1 aliphatic rings. The molecule has 4 nitrogen and oxygen atoms in total. The van der Waals surface area contributed by atoms with Crippen LogP contribution in [-0.4, -0.2) is 50.3 Å². The van der Waals surface area contributed by atoms with Gasteiger partial charge < -0.3 is 9.47 Å². The van der Waals surface area contributed by atoms with Crippen molar-refractivity contribution in [1.29, 1.82) is 0 Å². The van der Waals surface area contributed by atoms with Crippen molar-refractivity contribution in [3.05, 3.63) is 35.4 Å². The lowest BCUT2D eigenvalue weighted by Crippen LogP contribution is -2.36. The fraction of sp³-hybridized carbons (Fsp3) is 0.588. The smallest absolute Gasteiger partial charge is 0.338 e. The summed E-state index contributed by atoms with van der Waals surface area (Å²) in [5.74, 6) is -0.216. The first kappa shape index (κ1) is 16.0. The minimum atomic E-state index is -0.216. The summed E-state index contributed by atoms with van der Waals surface area (Å²) in [5.41, 5.74) is 1.72. The molecule has 0 atom stereocenters. The zero-order chi connectivity index (χ0) is 14.9. The van der Waals surface area contributed by atoms with Crippen LogP contribution in [0.1, 0.15) is 35.2 Å². The van der Waals surface area contributed by atoms with Crippen molar-refractivity contribution in [2.75, 3.05) is 39.5 Å². The SMILES string of the molecule is Cc1cccc(C(=O)OCCCCCN2CCOCC2)c1. The lowest BCUT2D eigenvalue weighted by Gasteiger charge is -2.26. The van der Waals surface area contributed by atoms with E-state index in [-0.39, 0.29) is 5.97 Å². The van der Waals surface area contributed by atoms with Gasteiger partial charge in [0, 0.05) is 13.1 Å². The summed E-state index contributed by atoms with van der Waals surface area (Å²) in [6, 6.07) is 7.52. The molecule has 0 N–H and O–H groups in total. The molecule has 4 heteroatoms. The molecule has 0 radical (unpaired) electrons. The highest BCUT2D eigenvalue weighted by atomic mass is 16.5. The molecule has 0 unspecified atom stereocenters. The Hall–Kier alpha value is -1.39. The molecular weight excluding hydrogens is 266 g/mol. The van der Waals surface area contributed by atoms with Gasteiger partial charge in [0.1, 0.15) is 0 Å². The Balaban J connectivity index is 1.54. The monoisotopic (exact) mass is 291 g/mol. The summed E-state index contributed by atoms with van der Waals surface area (Å²) >= 11 is 0. The fourth-order valence-corrected chi connectivity index (χ4v) is 2.46. The normalized spacial score (nSPS) is 15.9. The molecule has 0 bridgehead atoms. The van der Waals surface area contributed by atoms with E-state index in [1.165, 1.54) is 0 Å². The largest absolute Gasteiger partial charge is 0.462 e. The zero-order valence-corrected chi connectivity index (χ0v) is 12.8. The maximum absolute atomic E-state index is 11.8. The van der Waals surface area contributed by atoms with Gasteiger partial charge in [-0.3, -0.25) is 4.90 Å². The number of ether oxygens (including phenoxy) is 2. The van der Waals surface area contributed by atoms with Crippen LogP contribution in [0.2, 0.25) is 0 Å². The summed E-state index contributed by atoms with van der Waals surface area (Å²) in [6.07, 6.45) is 3.18. The second kappa shape index (κ2) is 8.80. The van der Waals surface area contributed by atoms with Crippen molar-refractivity contribution in [3.63, 3.8) is 0 Å². The highest BCUT2D eigenvalue weighted by Gasteiger charge is 2.09. The number of rotatable bonds is 7. The van der Waals surface area contributed by atoms with Crippen LogP contribution in [0.25, 0.3) is 0 Å². The zero-order valence-electron chi connectivity index (χ0n) is 12.8. The second-order valence-electron chi connectivity index (χ2n) is 5.52. The van der Waals surface area contributed by atoms with Crippen LogP contribution in [0.5, 0.6) is 0 Å². The number of morpholine rings is 1. The van der Waals surface area contributed by atoms with Crippen LogP contribution in [-0.2, 0) is 9.47 Å². The maximum Gasteiger partial charge on any atom is 0.338 e. The van der Waals surface area contributed by atoms with E-state index >= 15 is 0 Å². The highest BCUT2D eigenvalue weighted by molar-refractivity contribution is 5.89. The van der Waals surface area contributed by atoms with E-state index in [0.29, 0.717) is 12.2 Å². The number of carbonyl (C=O) groups is 1. The summed E-state index contributed by atoms with van der Waals surface area (Å²) in [7, 11) is 0. The molecule has 1 saturated heterocycles. The minimum absolute atomic E-state index is 0.216. The molecule has 0 amide bonds. The van der Waals surface area contributed by atoms with E-state index in [4.69, 9.17) is 9.47 Å². The summed E-state index contributed by atoms with van der Waals surface area (Å²) in [6.45, 7) is 7.40. The van der Waals surface area contributed by atoms with Crippen molar-refractivity contribution in [2.45, 2.75) is 26.2 Å². The van der Waals surface area contributed by atoms with E-state index in [2.05, 4.69) is 4.90 Å². The molecular formula is C17H25NO3. The molecule has 1 aromatic rings. The predicted molar refractivity (Wildman–Crippen MR) is 82.6 cm³/mol. The fourth-order valence-electron chi connectivity index (χ4n) is 2.46. The average molecular weight is 291 g/mol. The maximum atomic E-state index is 11.8. The van der Waals surface area contributed by atoms with Gasteiger partial charge in [-0.2, -0.15) is 0 Å². The molecule has 116 valence electrons. The van der Waals surface area contributed by atoms with Crippen molar-refractivity contribution < 1.29 is 14.3 Å². The van der Waals surface area contributed by atoms with E-state index < -0.39 is 0 Å². The predicted octanol–water partition coefficient (Wildman–Crippen LogP) is 2.65. The third-order valence-corrected chi connectivity index (χ3v) is 3.71. The number of hydrogen-bond donors (Lipinski definition) is 0. The number of aryl methyl sites for hydroxylation is 1. The Bertz CT molecular complexity index is 441. The highest BCUT2D eigenvalue weighted by Crippen LogP contribution is 2.07. The lowest BCUT2D eigenvalue weighted by atomic mass is 10.1. The van der Waals surface area contributed by atoms with Gasteiger partial charge in [-0.05, 0) is 44.9 Å². The number of benzene rings is 1. The molecule has 21 heavy (non-hydrogen) atoms. The van der Waals surface area contributed by atoms with Gasteiger partial charge in [0.15, 0.2) is 0 Å². The van der Waals surface area contributed by atoms with Gasteiger partial charge in [-0.15, -0.1) is 0 Å². The molecule has 0 spiro atoms. The van der Waals surface area contributed by atoms with Crippen LogP contribution in [0.4, 0.5) is 0 Å². The molecule has 1 heterocycles. The van der Waals surface area contributed by atoms with Gasteiger partial charge in [-0.1, -0.05) is 17.7 Å². The van der Waals surface area contributed by atoms with Crippen LogP contribution >= 0.6 is 0 Å². The Kier molecular flexibility index (Phi) is 6.70. The third-order valence-electron chi connectivity index (χ3n) is 3.71. The van der Waals surface area contributed by atoms with Crippen LogP contribution in [0.15, 0.2) is 24.3 Å². The van der Waals surface area contributed by atoms with E-state index in [1.807, 2.05) is 25.1 Å². The molecule has 1 aliphatic heterocycles. The molecule has 0 aliphatic carbocycles. The second-order valence-corrected chi connectivity index (χ2v) is 5.52. The Morgan fingerprint density at radius 2 is 2.05 bits per heavy atom. The summed E-state index contributed by atoms with van der Waals surface area (Å²) < 4.78 is 10.6. The Morgan fingerprint density at radius 1 is 1.24 bits per heavy atom. The standard InChI is InChI=1S/C17H25NO3/c1-15-6-5-7-16(14-15)17(19)21-11-4-2-3-8-18-9-12-20-13-10-18/h5-7,14H,2-4,8-13H2,1H3. The number of hydrogen-bond acceptors (Lipinski definition) is 4. The van der Waals surface area contributed by atoms with Gasteiger partial charge in [0.2, 0.25) is 0 Å². The first-order valence-corrected chi connectivity index (χ1v) is 7.79. The van der Waals surface area contributed by atoms with E-state index in [0.717, 1.165) is 57.7 Å². The Labute approximate surface area is 127 Å². The quantitative estimate of drug-likeness (QED) is 0.572. The lowest BCUT2D eigenvalue weighted by molar-refractivity contribution is 0.0363. The summed E-state index contributed by atoms with van der Waals surface area (Å²) in [5, 5.41) is 0. The van der Waals surface area contributed by atoms with E-state index in [1.54, 1.807) is 6.07 Å². The molecule has 2 rings (SSSR count). The van der Waals surface area contributed by atoms with Crippen molar-refractivity contribution in [3.8, 4) is 0 Å². The minimum Gasteiger partial charge on any atom is -0.462 e. The average Bonchev–Trinajstić information content (AvgIpc) is 2.51. The topological polar surface area (TPSA) is 38.8 Å². The van der Waals surface area contributed by atoms with Crippen molar-refractivity contribution >= 4 is 5.97 Å². The van der Waals surface area contributed by atoms with Crippen LogP contribution in [0.3, 0.4) is 0 Å². The van der Waals surface area contributed by atoms with E-state index in [9.17, 15) is 4.79 Å². The molecule has 0 aromatic heterocycles. The number of unbranched alkanes of at least 4 members (excludes halogenated alkanes) is 2. The summed E-state index contributed by atoms with van der Waals surface area (Å²) in [4.78, 5) is 14.3. The van der Waals surface area contributed by atoms with Crippen molar-refractivity contribution in [2.24, 2.45) is 0 Å². The first-order valence-electron chi connectivity index (χ1n) is 7.79. The van der Waals surface area contributed by atoms with Gasteiger partial charge >= 0.3 is 5.97 Å². The van der Waals surface area contributed by atoms with Crippen LogP contribution in [0, 0.1) is 6.92 Å². The first-order chi connectivity index (χ1) is 10.3. The molecule has 1 aromatic carbocycles. The van der Waals surface area contributed by atoms with Crippen LogP contribution < -0.4 is 0 Å². The Morgan fingerprint density at radius 3 is 2.81 bits per heavy atom. The van der Waals surface area contributed by atoms with Gasteiger partial charge in [-0.25, -0.2) is 4.79 Å². The number of carbonyl (C=O) groups excluding carboxylic acids is 1. The van der Waals surface area contributed by atoms with Gasteiger partial charge in [0.25, 0.3) is 0 Å². The van der Waals surface area contributed by atoms with Gasteiger partial charge in [0.05, 0.1) is 25.4 Å². The number of nitrogens with zero attached hydrogens (tertiary/aromatic N) is 1.